The van der Waals surface area contributed by atoms with Gasteiger partial charge in [0.25, 0.3) is 0 Å². The van der Waals surface area contributed by atoms with Gasteiger partial charge in [-0.1, -0.05) is 24.3 Å². The van der Waals surface area contributed by atoms with Crippen LogP contribution in [0.15, 0.2) is 30.3 Å². The Morgan fingerprint density at radius 1 is 1.27 bits per heavy atom. The maximum atomic E-state index is 12.1. The van der Waals surface area contributed by atoms with Crippen LogP contribution < -0.4 is 5.73 Å². The number of hydrogen-bond acceptors (Lipinski definition) is 2. The van der Waals surface area contributed by atoms with Gasteiger partial charge in [0.1, 0.15) is 5.82 Å². The summed E-state index contributed by atoms with van der Waals surface area (Å²) in [6.45, 7) is -0.323. The van der Waals surface area contributed by atoms with Crippen LogP contribution in [0.3, 0.4) is 0 Å². The zero-order valence-electron chi connectivity index (χ0n) is 8.20. The number of H-pyrrole nitrogens is 1. The number of nitrogens with one attached hydrogen (secondary N) is 1. The van der Waals surface area contributed by atoms with Crippen molar-refractivity contribution < 1.29 is 4.39 Å². The Kier molecular flexibility index (Phi) is 2.67. The van der Waals surface area contributed by atoms with E-state index in [0.717, 1.165) is 16.8 Å². The van der Waals surface area contributed by atoms with Gasteiger partial charge in [-0.15, -0.1) is 0 Å². The minimum Gasteiger partial charge on any atom is -0.382 e. The van der Waals surface area contributed by atoms with Gasteiger partial charge >= 0.3 is 0 Å². The number of benzene rings is 1. The molecule has 0 unspecified atom stereocenters. The molecular formula is C11H12FN3. The summed E-state index contributed by atoms with van der Waals surface area (Å²) in [5, 5.41) is 6.67. The quantitative estimate of drug-likeness (QED) is 0.806. The van der Waals surface area contributed by atoms with Crippen molar-refractivity contribution in [2.75, 3.05) is 12.4 Å². The van der Waals surface area contributed by atoms with E-state index in [2.05, 4.69) is 10.2 Å². The Morgan fingerprint density at radius 3 is 2.53 bits per heavy atom. The van der Waals surface area contributed by atoms with E-state index in [4.69, 9.17) is 5.73 Å². The van der Waals surface area contributed by atoms with E-state index in [0.29, 0.717) is 12.2 Å². The molecule has 0 aliphatic rings. The molecule has 1 aromatic heterocycles. The summed E-state index contributed by atoms with van der Waals surface area (Å²) in [6.07, 6.45) is 0.464. The molecule has 0 amide bonds. The molecule has 0 spiro atoms. The van der Waals surface area contributed by atoms with Crippen molar-refractivity contribution >= 4 is 5.82 Å². The number of rotatable bonds is 3. The number of nitrogen functional groups attached to an aromatic ring is 1. The van der Waals surface area contributed by atoms with Crippen molar-refractivity contribution in [1.82, 2.24) is 10.2 Å². The topological polar surface area (TPSA) is 54.7 Å². The number of halogens is 1. The highest BCUT2D eigenvalue weighted by Gasteiger charge is 2.01. The first-order chi connectivity index (χ1) is 7.29. The Labute approximate surface area is 87.1 Å². The van der Waals surface area contributed by atoms with Gasteiger partial charge in [-0.2, -0.15) is 5.10 Å². The van der Waals surface area contributed by atoms with Gasteiger partial charge in [0, 0.05) is 12.5 Å². The Bertz CT molecular complexity index is 433. The third-order valence-electron chi connectivity index (χ3n) is 2.25. The lowest BCUT2D eigenvalue weighted by Crippen LogP contribution is -1.86. The molecule has 1 heterocycles. The van der Waals surface area contributed by atoms with E-state index in [1.54, 1.807) is 6.07 Å². The van der Waals surface area contributed by atoms with Crippen LogP contribution in [0.25, 0.3) is 11.3 Å². The summed E-state index contributed by atoms with van der Waals surface area (Å²) in [5.74, 6) is 0.470. The summed E-state index contributed by atoms with van der Waals surface area (Å²) in [7, 11) is 0. The lowest BCUT2D eigenvalue weighted by Gasteiger charge is -1.99. The van der Waals surface area contributed by atoms with Crippen molar-refractivity contribution in [3.05, 3.63) is 35.9 Å². The molecular weight excluding hydrogens is 193 g/mol. The maximum Gasteiger partial charge on any atom is 0.145 e. The molecule has 15 heavy (non-hydrogen) atoms. The molecule has 0 saturated carbocycles. The summed E-state index contributed by atoms with van der Waals surface area (Å²) < 4.78 is 12.1. The SMILES string of the molecule is Nc1cc(-c2ccc(CCF)cc2)[nH]n1. The smallest absolute Gasteiger partial charge is 0.145 e. The molecule has 0 atom stereocenters. The monoisotopic (exact) mass is 205 g/mol. The highest BCUT2D eigenvalue weighted by molar-refractivity contribution is 5.62. The second-order valence-electron chi connectivity index (χ2n) is 3.34. The summed E-state index contributed by atoms with van der Waals surface area (Å²) in [4.78, 5) is 0. The first-order valence-electron chi connectivity index (χ1n) is 4.76. The van der Waals surface area contributed by atoms with Crippen LogP contribution in [0.1, 0.15) is 5.56 Å². The average Bonchev–Trinajstić information content (AvgIpc) is 2.67. The van der Waals surface area contributed by atoms with Crippen LogP contribution in [-0.2, 0) is 6.42 Å². The predicted octanol–water partition coefficient (Wildman–Crippen LogP) is 2.17. The van der Waals surface area contributed by atoms with Crippen LogP contribution in [0.2, 0.25) is 0 Å². The van der Waals surface area contributed by atoms with Crippen LogP contribution in [0, 0.1) is 0 Å². The van der Waals surface area contributed by atoms with Crippen molar-refractivity contribution in [3.63, 3.8) is 0 Å². The number of aryl methyl sites for hydroxylation is 1. The lowest BCUT2D eigenvalue weighted by atomic mass is 10.1. The molecule has 0 fully saturated rings. The van der Waals surface area contributed by atoms with E-state index in [1.807, 2.05) is 24.3 Å². The fraction of sp³-hybridized carbons (Fsp3) is 0.182. The second kappa shape index (κ2) is 4.13. The van der Waals surface area contributed by atoms with Crippen LogP contribution in [-0.4, -0.2) is 16.9 Å². The van der Waals surface area contributed by atoms with E-state index in [1.165, 1.54) is 0 Å². The number of anilines is 1. The van der Waals surface area contributed by atoms with Crippen molar-refractivity contribution in [2.24, 2.45) is 0 Å². The molecule has 2 aromatic rings. The van der Waals surface area contributed by atoms with E-state index >= 15 is 0 Å². The van der Waals surface area contributed by atoms with Crippen LogP contribution in [0.4, 0.5) is 10.2 Å². The van der Waals surface area contributed by atoms with Gasteiger partial charge < -0.3 is 5.73 Å². The summed E-state index contributed by atoms with van der Waals surface area (Å²) in [6, 6.07) is 9.44. The van der Waals surface area contributed by atoms with Gasteiger partial charge in [-0.3, -0.25) is 9.49 Å². The van der Waals surface area contributed by atoms with Crippen LogP contribution >= 0.6 is 0 Å². The molecule has 0 saturated heterocycles. The molecule has 3 nitrogen and oxygen atoms in total. The summed E-state index contributed by atoms with van der Waals surface area (Å²) in [5.41, 5.74) is 8.37. The van der Waals surface area contributed by atoms with Crippen LogP contribution in [0.5, 0.6) is 0 Å². The van der Waals surface area contributed by atoms with Gasteiger partial charge in [-0.25, -0.2) is 0 Å². The molecule has 78 valence electrons. The standard InChI is InChI=1S/C11H12FN3/c12-6-5-8-1-3-9(4-2-8)10-7-11(13)15-14-10/h1-4,7H,5-6H2,(H3,13,14,15). The molecule has 0 aliphatic carbocycles. The van der Waals surface area contributed by atoms with Gasteiger partial charge in [0.2, 0.25) is 0 Å². The average molecular weight is 205 g/mol. The predicted molar refractivity (Wildman–Crippen MR) is 58.1 cm³/mol. The van der Waals surface area contributed by atoms with Gasteiger partial charge in [0.05, 0.1) is 12.4 Å². The number of aromatic nitrogens is 2. The van der Waals surface area contributed by atoms with Gasteiger partial charge in [-0.05, 0) is 11.1 Å². The Hall–Kier alpha value is -1.84. The highest BCUT2D eigenvalue weighted by Crippen LogP contribution is 2.19. The Balaban J connectivity index is 2.23. The number of aromatic amines is 1. The zero-order chi connectivity index (χ0) is 10.7. The van der Waals surface area contributed by atoms with Crippen molar-refractivity contribution in [2.45, 2.75) is 6.42 Å². The fourth-order valence-electron chi connectivity index (χ4n) is 1.45. The molecule has 0 bridgehead atoms. The number of nitrogens with two attached hydrogens (primary N) is 1. The zero-order valence-corrected chi connectivity index (χ0v) is 8.20. The van der Waals surface area contributed by atoms with E-state index in [9.17, 15) is 4.39 Å². The largest absolute Gasteiger partial charge is 0.382 e. The minimum atomic E-state index is -0.323. The van der Waals surface area contributed by atoms with E-state index < -0.39 is 0 Å². The minimum absolute atomic E-state index is 0.323. The highest BCUT2D eigenvalue weighted by atomic mass is 19.1. The fourth-order valence-corrected chi connectivity index (χ4v) is 1.45. The number of nitrogens with zero attached hydrogens (tertiary/aromatic N) is 1. The maximum absolute atomic E-state index is 12.1. The van der Waals surface area contributed by atoms with Crippen molar-refractivity contribution in [1.29, 1.82) is 0 Å². The lowest BCUT2D eigenvalue weighted by molar-refractivity contribution is 0.495. The molecule has 2 rings (SSSR count). The third-order valence-corrected chi connectivity index (χ3v) is 2.25. The van der Waals surface area contributed by atoms with Gasteiger partial charge in [0.15, 0.2) is 0 Å². The molecule has 1 aromatic carbocycles. The molecule has 0 aliphatic heterocycles. The normalized spacial score (nSPS) is 10.5. The van der Waals surface area contributed by atoms with Crippen molar-refractivity contribution in [3.8, 4) is 11.3 Å². The third kappa shape index (κ3) is 2.15. The number of hydrogen-bond donors (Lipinski definition) is 2. The van der Waals surface area contributed by atoms with E-state index in [-0.39, 0.29) is 6.67 Å². The molecule has 4 heteroatoms. The number of alkyl halides is 1. The second-order valence-corrected chi connectivity index (χ2v) is 3.34. The molecule has 0 radical (unpaired) electrons. The first-order valence-corrected chi connectivity index (χ1v) is 4.76. The summed E-state index contributed by atoms with van der Waals surface area (Å²) >= 11 is 0. The first kappa shape index (κ1) is 9.71. The Morgan fingerprint density at radius 2 is 2.00 bits per heavy atom. The molecule has 3 N–H and O–H groups in total.